The van der Waals surface area contributed by atoms with Crippen molar-refractivity contribution < 1.29 is 14.6 Å². The molecule has 0 aliphatic heterocycles. The van der Waals surface area contributed by atoms with Gasteiger partial charge in [0.25, 0.3) is 0 Å². The number of ether oxygens (including phenoxy) is 1. The van der Waals surface area contributed by atoms with E-state index in [1.165, 1.54) is 11.9 Å². The third kappa shape index (κ3) is 3.87. The van der Waals surface area contributed by atoms with Gasteiger partial charge in [-0.05, 0) is 41.6 Å². The summed E-state index contributed by atoms with van der Waals surface area (Å²) in [6, 6.07) is 14.7. The van der Waals surface area contributed by atoms with Gasteiger partial charge in [-0.2, -0.15) is 4.80 Å². The fraction of sp³-hybridized carbons (Fsp3) is 0.105. The van der Waals surface area contributed by atoms with Crippen LogP contribution in [0.4, 0.5) is 0 Å². The number of para-hydroxylation sites is 2. The number of allylic oxidation sites excluding steroid dienone is 1. The van der Waals surface area contributed by atoms with Crippen LogP contribution in [0.1, 0.15) is 5.82 Å². The van der Waals surface area contributed by atoms with Crippen LogP contribution in [0.3, 0.4) is 0 Å². The number of methoxy groups -OCH3 is 1. The number of carbonyl (C=O) groups is 1. The number of benzene rings is 2. The molecule has 4 rings (SSSR count). The van der Waals surface area contributed by atoms with Crippen molar-refractivity contribution in [1.82, 2.24) is 30.2 Å². The second-order valence-corrected chi connectivity index (χ2v) is 6.98. The van der Waals surface area contributed by atoms with Crippen molar-refractivity contribution in [3.05, 3.63) is 64.6 Å². The van der Waals surface area contributed by atoms with Crippen molar-refractivity contribution in [2.45, 2.75) is 6.54 Å². The van der Waals surface area contributed by atoms with Crippen LogP contribution in [0.15, 0.2) is 58.8 Å². The number of carbonyl (C=O) groups excluding carboxylic acids is 1. The van der Waals surface area contributed by atoms with Gasteiger partial charge in [0.15, 0.2) is 0 Å². The Morgan fingerprint density at radius 1 is 1.21 bits per heavy atom. The van der Waals surface area contributed by atoms with Gasteiger partial charge in [0, 0.05) is 10.0 Å². The maximum Gasteiger partial charge on any atom is 0.345 e. The Morgan fingerprint density at radius 2 is 1.97 bits per heavy atom. The Labute approximate surface area is 173 Å². The Hall–Kier alpha value is -3.53. The predicted molar refractivity (Wildman–Crippen MR) is 109 cm³/mol. The molecule has 0 saturated heterocycles. The van der Waals surface area contributed by atoms with Gasteiger partial charge in [-0.1, -0.05) is 28.1 Å². The highest BCUT2D eigenvalue weighted by molar-refractivity contribution is 9.10. The van der Waals surface area contributed by atoms with Crippen LogP contribution in [-0.2, 0) is 16.1 Å². The minimum absolute atomic E-state index is 0.0915. The lowest BCUT2D eigenvalue weighted by molar-refractivity contribution is -0.133. The van der Waals surface area contributed by atoms with E-state index in [0.29, 0.717) is 11.3 Å². The average Bonchev–Trinajstić information content (AvgIpc) is 3.35. The summed E-state index contributed by atoms with van der Waals surface area (Å²) in [4.78, 5) is 20.9. The first-order valence-corrected chi connectivity index (χ1v) is 9.34. The van der Waals surface area contributed by atoms with Crippen molar-refractivity contribution in [2.75, 3.05) is 7.11 Å². The number of aromatic nitrogens is 6. The van der Waals surface area contributed by atoms with Gasteiger partial charge in [-0.3, -0.25) is 0 Å². The SMILES string of the molecule is COC(=O)C(=C(O)Cn1nnc(-c2ccc(Br)cc2)n1)c1nc2ccccc2[nH]1. The van der Waals surface area contributed by atoms with Crippen LogP contribution >= 0.6 is 15.9 Å². The topological polar surface area (TPSA) is 119 Å². The number of esters is 1. The number of hydrogen-bond donors (Lipinski definition) is 2. The maximum absolute atomic E-state index is 12.3. The van der Waals surface area contributed by atoms with Gasteiger partial charge in [0.2, 0.25) is 5.82 Å². The highest BCUT2D eigenvalue weighted by Crippen LogP contribution is 2.22. The maximum atomic E-state index is 12.3. The van der Waals surface area contributed by atoms with Crippen molar-refractivity contribution in [3.63, 3.8) is 0 Å². The van der Waals surface area contributed by atoms with E-state index in [9.17, 15) is 9.90 Å². The number of H-pyrrole nitrogens is 1. The minimum Gasteiger partial charge on any atom is -0.509 e. The molecule has 0 spiro atoms. The highest BCUT2D eigenvalue weighted by Gasteiger charge is 2.23. The summed E-state index contributed by atoms with van der Waals surface area (Å²) in [5, 5.41) is 22.8. The summed E-state index contributed by atoms with van der Waals surface area (Å²) < 4.78 is 5.75. The first kappa shape index (κ1) is 18.8. The van der Waals surface area contributed by atoms with Crippen LogP contribution in [-0.4, -0.2) is 48.4 Å². The molecule has 0 bridgehead atoms. The lowest BCUT2D eigenvalue weighted by Gasteiger charge is -2.06. The first-order valence-electron chi connectivity index (χ1n) is 8.54. The fourth-order valence-electron chi connectivity index (χ4n) is 2.76. The fourth-order valence-corrected chi connectivity index (χ4v) is 3.03. The summed E-state index contributed by atoms with van der Waals surface area (Å²) >= 11 is 3.37. The van der Waals surface area contributed by atoms with Crippen LogP contribution in [0.5, 0.6) is 0 Å². The molecule has 29 heavy (non-hydrogen) atoms. The average molecular weight is 455 g/mol. The monoisotopic (exact) mass is 454 g/mol. The highest BCUT2D eigenvalue weighted by atomic mass is 79.9. The normalized spacial score (nSPS) is 12.1. The van der Waals surface area contributed by atoms with Gasteiger partial charge < -0.3 is 14.8 Å². The molecule has 0 unspecified atom stereocenters. The molecule has 0 aliphatic carbocycles. The van der Waals surface area contributed by atoms with Gasteiger partial charge >= 0.3 is 5.97 Å². The molecule has 2 aromatic heterocycles. The van der Waals surface area contributed by atoms with E-state index in [-0.39, 0.29) is 23.7 Å². The van der Waals surface area contributed by atoms with Crippen LogP contribution in [0.2, 0.25) is 0 Å². The minimum atomic E-state index is -0.727. The summed E-state index contributed by atoms with van der Waals surface area (Å²) in [5.41, 5.74) is 2.07. The van der Waals surface area contributed by atoms with Crippen molar-refractivity contribution in [2.24, 2.45) is 0 Å². The lowest BCUT2D eigenvalue weighted by atomic mass is 10.2. The van der Waals surface area contributed by atoms with Crippen LogP contribution in [0, 0.1) is 0 Å². The smallest absolute Gasteiger partial charge is 0.345 e. The summed E-state index contributed by atoms with van der Waals surface area (Å²) in [6.07, 6.45) is 0. The van der Waals surface area contributed by atoms with E-state index in [0.717, 1.165) is 15.6 Å². The molecule has 10 heteroatoms. The molecule has 2 aromatic carbocycles. The lowest BCUT2D eigenvalue weighted by Crippen LogP contribution is -2.13. The quantitative estimate of drug-likeness (QED) is 0.270. The van der Waals surface area contributed by atoms with Gasteiger partial charge in [0.05, 0.1) is 18.1 Å². The number of aromatic amines is 1. The molecule has 0 fully saturated rings. The molecule has 0 saturated carbocycles. The van der Waals surface area contributed by atoms with E-state index in [4.69, 9.17) is 4.74 Å². The van der Waals surface area contributed by atoms with Gasteiger partial charge in [-0.25, -0.2) is 9.78 Å². The number of imidazole rings is 1. The van der Waals surface area contributed by atoms with Crippen LogP contribution < -0.4 is 0 Å². The summed E-state index contributed by atoms with van der Waals surface area (Å²) in [5.74, 6) is -0.428. The van der Waals surface area contributed by atoms with E-state index < -0.39 is 5.97 Å². The molecule has 2 N–H and O–H groups in total. The standard InChI is InChI=1S/C19H15BrN6O3/c1-29-19(28)16(18-21-13-4-2-3-5-14(13)22-18)15(27)10-26-24-17(23-25-26)11-6-8-12(20)9-7-11/h2-9,27H,10H2,1H3,(H,21,22). The Balaban J connectivity index is 1.67. The number of hydrogen-bond acceptors (Lipinski definition) is 7. The largest absolute Gasteiger partial charge is 0.509 e. The second kappa shape index (κ2) is 7.84. The number of tetrazole rings is 1. The van der Waals surface area contributed by atoms with Gasteiger partial charge in [-0.15, -0.1) is 10.2 Å². The van der Waals surface area contributed by atoms with E-state index in [1.54, 1.807) is 6.07 Å². The van der Waals surface area contributed by atoms with E-state index in [2.05, 4.69) is 41.3 Å². The number of rotatable bonds is 5. The molecule has 0 aliphatic rings. The molecule has 0 radical (unpaired) electrons. The molecule has 0 atom stereocenters. The van der Waals surface area contributed by atoms with E-state index in [1.807, 2.05) is 42.5 Å². The number of nitrogens with one attached hydrogen (secondary N) is 1. The number of fused-ring (bicyclic) bond motifs is 1. The van der Waals surface area contributed by atoms with Gasteiger partial charge in [0.1, 0.15) is 23.7 Å². The summed E-state index contributed by atoms with van der Waals surface area (Å²) in [6.45, 7) is -0.176. The number of aliphatic hydroxyl groups is 1. The zero-order valence-electron chi connectivity index (χ0n) is 15.2. The molecule has 9 nitrogen and oxygen atoms in total. The second-order valence-electron chi connectivity index (χ2n) is 6.07. The van der Waals surface area contributed by atoms with E-state index >= 15 is 0 Å². The van der Waals surface area contributed by atoms with Crippen LogP contribution in [0.25, 0.3) is 28.0 Å². The molecular weight excluding hydrogens is 440 g/mol. The first-order chi connectivity index (χ1) is 14.0. The van der Waals surface area contributed by atoms with Crippen molar-refractivity contribution in [3.8, 4) is 11.4 Å². The zero-order valence-corrected chi connectivity index (χ0v) is 16.8. The molecular formula is C19H15BrN6O3. The Kier molecular flexibility index (Phi) is 5.09. The number of halogens is 1. The predicted octanol–water partition coefficient (Wildman–Crippen LogP) is 3.12. The molecule has 2 heterocycles. The third-order valence-corrected chi connectivity index (χ3v) is 4.68. The third-order valence-electron chi connectivity index (χ3n) is 4.15. The number of nitrogens with zero attached hydrogens (tertiary/aromatic N) is 5. The van der Waals surface area contributed by atoms with Crippen molar-refractivity contribution in [1.29, 1.82) is 0 Å². The molecule has 0 amide bonds. The Morgan fingerprint density at radius 3 is 2.69 bits per heavy atom. The Bertz CT molecular complexity index is 1180. The zero-order chi connectivity index (χ0) is 20.4. The number of aliphatic hydroxyl groups excluding tert-OH is 1. The van der Waals surface area contributed by atoms with Crippen molar-refractivity contribution >= 4 is 38.5 Å². The molecule has 4 aromatic rings. The summed E-state index contributed by atoms with van der Waals surface area (Å²) in [7, 11) is 1.23. The molecule has 146 valence electrons.